The molecule has 1 aliphatic heterocycles. The van der Waals surface area contributed by atoms with E-state index in [1.54, 1.807) is 13.1 Å². The number of aromatic nitrogens is 2. The van der Waals surface area contributed by atoms with Crippen molar-refractivity contribution < 1.29 is 13.2 Å². The molecule has 1 saturated heterocycles. The maximum atomic E-state index is 12.7. The highest BCUT2D eigenvalue weighted by molar-refractivity contribution is 5.50. The summed E-state index contributed by atoms with van der Waals surface area (Å²) in [6.45, 7) is 3.60. The average molecular weight is 274 g/mol. The molecule has 2 heterocycles. The van der Waals surface area contributed by atoms with Gasteiger partial charge in [-0.2, -0.15) is 13.2 Å². The van der Waals surface area contributed by atoms with Crippen molar-refractivity contribution in [2.24, 2.45) is 5.92 Å². The number of halogens is 3. The molecule has 1 atom stereocenters. The third-order valence-electron chi connectivity index (χ3n) is 3.41. The van der Waals surface area contributed by atoms with Gasteiger partial charge in [-0.1, -0.05) is 13.3 Å². The predicted molar refractivity (Wildman–Crippen MR) is 67.2 cm³/mol. The third kappa shape index (κ3) is 3.08. The molecular formula is C12H17F3N4. The fourth-order valence-electron chi connectivity index (χ4n) is 2.23. The van der Waals surface area contributed by atoms with Gasteiger partial charge < -0.3 is 10.2 Å². The molecule has 1 aromatic heterocycles. The highest BCUT2D eigenvalue weighted by atomic mass is 19.4. The van der Waals surface area contributed by atoms with E-state index in [-0.39, 0.29) is 5.82 Å². The second-order valence-electron chi connectivity index (χ2n) is 4.69. The Balaban J connectivity index is 2.30. The van der Waals surface area contributed by atoms with E-state index in [1.165, 1.54) is 0 Å². The Morgan fingerprint density at radius 2 is 2.16 bits per heavy atom. The monoisotopic (exact) mass is 274 g/mol. The molecule has 0 spiro atoms. The standard InChI is InChI=1S/C12H17F3N4/c1-3-8-4-5-19(7-8)10-6-9(16-2)17-11(18-10)12(13,14)15/h6,8H,3-5,7H2,1-2H3,(H,16,17,18). The quantitative estimate of drug-likeness (QED) is 0.920. The molecule has 1 aromatic rings. The van der Waals surface area contributed by atoms with E-state index in [0.717, 1.165) is 25.9 Å². The summed E-state index contributed by atoms with van der Waals surface area (Å²) in [6.07, 6.45) is -2.49. The van der Waals surface area contributed by atoms with E-state index in [9.17, 15) is 13.2 Å². The first-order chi connectivity index (χ1) is 8.94. The number of hydrogen-bond donors (Lipinski definition) is 1. The van der Waals surface area contributed by atoms with Gasteiger partial charge >= 0.3 is 6.18 Å². The minimum absolute atomic E-state index is 0.192. The van der Waals surface area contributed by atoms with Crippen LogP contribution in [0.5, 0.6) is 0 Å². The Labute approximate surface area is 110 Å². The zero-order valence-corrected chi connectivity index (χ0v) is 11.0. The van der Waals surface area contributed by atoms with Crippen molar-refractivity contribution in [2.75, 3.05) is 30.4 Å². The molecule has 4 nitrogen and oxygen atoms in total. The Morgan fingerprint density at radius 1 is 1.42 bits per heavy atom. The minimum atomic E-state index is -4.52. The zero-order chi connectivity index (χ0) is 14.0. The van der Waals surface area contributed by atoms with E-state index in [1.807, 2.05) is 4.90 Å². The molecule has 1 unspecified atom stereocenters. The first kappa shape index (κ1) is 13.9. The largest absolute Gasteiger partial charge is 0.451 e. The maximum absolute atomic E-state index is 12.7. The Morgan fingerprint density at radius 3 is 2.68 bits per heavy atom. The van der Waals surface area contributed by atoms with Gasteiger partial charge in [0.05, 0.1) is 0 Å². The summed E-state index contributed by atoms with van der Waals surface area (Å²) in [6, 6.07) is 1.56. The molecule has 106 valence electrons. The molecule has 7 heteroatoms. The van der Waals surface area contributed by atoms with E-state index in [0.29, 0.717) is 11.7 Å². The molecule has 0 aromatic carbocycles. The molecule has 2 rings (SSSR count). The van der Waals surface area contributed by atoms with Crippen LogP contribution in [0.3, 0.4) is 0 Å². The smallest absolute Gasteiger partial charge is 0.373 e. The van der Waals surface area contributed by atoms with Crippen LogP contribution in [0.15, 0.2) is 6.07 Å². The fourth-order valence-corrected chi connectivity index (χ4v) is 2.23. The lowest BCUT2D eigenvalue weighted by Gasteiger charge is -2.19. The summed E-state index contributed by atoms with van der Waals surface area (Å²) in [4.78, 5) is 9.01. The van der Waals surface area contributed by atoms with Crippen molar-refractivity contribution in [3.05, 3.63) is 11.9 Å². The van der Waals surface area contributed by atoms with Crippen molar-refractivity contribution in [3.63, 3.8) is 0 Å². The lowest BCUT2D eigenvalue weighted by atomic mass is 10.1. The Bertz CT molecular complexity index is 447. The number of rotatable bonds is 3. The lowest BCUT2D eigenvalue weighted by Crippen LogP contribution is -2.23. The number of alkyl halides is 3. The van der Waals surface area contributed by atoms with Gasteiger partial charge in [0, 0.05) is 26.2 Å². The van der Waals surface area contributed by atoms with Gasteiger partial charge in [-0.15, -0.1) is 0 Å². The lowest BCUT2D eigenvalue weighted by molar-refractivity contribution is -0.144. The van der Waals surface area contributed by atoms with Gasteiger partial charge in [0.2, 0.25) is 5.82 Å². The van der Waals surface area contributed by atoms with Crippen LogP contribution in [-0.4, -0.2) is 30.1 Å². The van der Waals surface area contributed by atoms with Gasteiger partial charge in [0.1, 0.15) is 11.6 Å². The van der Waals surface area contributed by atoms with Crippen LogP contribution >= 0.6 is 0 Å². The van der Waals surface area contributed by atoms with Crippen LogP contribution in [0, 0.1) is 5.92 Å². The molecule has 0 saturated carbocycles. The van der Waals surface area contributed by atoms with Crippen LogP contribution in [-0.2, 0) is 6.18 Å². The summed E-state index contributed by atoms with van der Waals surface area (Å²) in [5.41, 5.74) is 0. The van der Waals surface area contributed by atoms with Gasteiger partial charge in [-0.3, -0.25) is 0 Å². The second-order valence-corrected chi connectivity index (χ2v) is 4.69. The van der Waals surface area contributed by atoms with Crippen LogP contribution in [0.2, 0.25) is 0 Å². The highest BCUT2D eigenvalue weighted by Crippen LogP contribution is 2.31. The molecule has 19 heavy (non-hydrogen) atoms. The summed E-state index contributed by atoms with van der Waals surface area (Å²) < 4.78 is 38.2. The van der Waals surface area contributed by atoms with Gasteiger partial charge in [-0.05, 0) is 12.3 Å². The normalized spacial score (nSPS) is 19.8. The van der Waals surface area contributed by atoms with Crippen molar-refractivity contribution in [3.8, 4) is 0 Å². The summed E-state index contributed by atoms with van der Waals surface area (Å²) >= 11 is 0. The zero-order valence-electron chi connectivity index (χ0n) is 11.0. The number of nitrogens with one attached hydrogen (secondary N) is 1. The molecule has 0 amide bonds. The second kappa shape index (κ2) is 5.22. The molecule has 1 aliphatic rings. The molecule has 0 aliphatic carbocycles. The fraction of sp³-hybridized carbons (Fsp3) is 0.667. The van der Waals surface area contributed by atoms with Crippen molar-refractivity contribution >= 4 is 11.6 Å². The van der Waals surface area contributed by atoms with E-state index in [4.69, 9.17) is 0 Å². The van der Waals surface area contributed by atoms with Crippen molar-refractivity contribution in [1.29, 1.82) is 0 Å². The van der Waals surface area contributed by atoms with Crippen LogP contribution in [0.4, 0.5) is 24.8 Å². The van der Waals surface area contributed by atoms with Gasteiger partial charge in [0.15, 0.2) is 0 Å². The molecule has 0 radical (unpaired) electrons. The SMILES string of the molecule is CCC1CCN(c2cc(NC)nc(C(F)(F)F)n2)C1. The average Bonchev–Trinajstić information content (AvgIpc) is 2.86. The first-order valence-electron chi connectivity index (χ1n) is 6.33. The van der Waals surface area contributed by atoms with Gasteiger partial charge in [-0.25, -0.2) is 9.97 Å². The number of nitrogens with zero attached hydrogens (tertiary/aromatic N) is 3. The van der Waals surface area contributed by atoms with E-state index in [2.05, 4.69) is 22.2 Å². The maximum Gasteiger partial charge on any atom is 0.451 e. The molecule has 1 N–H and O–H groups in total. The third-order valence-corrected chi connectivity index (χ3v) is 3.41. The van der Waals surface area contributed by atoms with Crippen LogP contribution < -0.4 is 10.2 Å². The number of hydrogen-bond acceptors (Lipinski definition) is 4. The molecular weight excluding hydrogens is 257 g/mol. The van der Waals surface area contributed by atoms with Crippen LogP contribution in [0.1, 0.15) is 25.6 Å². The van der Waals surface area contributed by atoms with Crippen LogP contribution in [0.25, 0.3) is 0 Å². The summed E-state index contributed by atoms with van der Waals surface area (Å²) in [5.74, 6) is -0.0171. The molecule has 1 fully saturated rings. The van der Waals surface area contributed by atoms with E-state index < -0.39 is 12.0 Å². The Kier molecular flexibility index (Phi) is 3.82. The summed E-state index contributed by atoms with van der Waals surface area (Å²) in [7, 11) is 1.55. The number of anilines is 2. The topological polar surface area (TPSA) is 41.0 Å². The highest BCUT2D eigenvalue weighted by Gasteiger charge is 2.36. The predicted octanol–water partition coefficient (Wildman–Crippen LogP) is 2.77. The Hall–Kier alpha value is -1.53. The molecule has 0 bridgehead atoms. The summed E-state index contributed by atoms with van der Waals surface area (Å²) in [5, 5.41) is 2.65. The minimum Gasteiger partial charge on any atom is -0.373 e. The van der Waals surface area contributed by atoms with Crippen molar-refractivity contribution in [1.82, 2.24) is 9.97 Å². The first-order valence-corrected chi connectivity index (χ1v) is 6.33. The van der Waals surface area contributed by atoms with Gasteiger partial charge in [0.25, 0.3) is 0 Å². The van der Waals surface area contributed by atoms with E-state index >= 15 is 0 Å². The van der Waals surface area contributed by atoms with Crippen molar-refractivity contribution in [2.45, 2.75) is 25.9 Å².